The molecule has 0 radical (unpaired) electrons. The van der Waals surface area contributed by atoms with E-state index in [1.165, 1.54) is 41.0 Å². The molecular formula is C62H80F2N4O4Si. The molecule has 10 rings (SSSR count). The Kier molecular flexibility index (Phi) is 16.2. The maximum atomic E-state index is 13.5. The molecule has 2 aromatic heterocycles. The maximum Gasteiger partial charge on any atom is 0.200 e. The van der Waals surface area contributed by atoms with Crippen molar-refractivity contribution in [3.05, 3.63) is 177 Å². The molecule has 3 N–H and O–H groups in total. The normalized spacial score (nSPS) is 22.2. The van der Waals surface area contributed by atoms with Crippen LogP contribution in [0.4, 0.5) is 8.78 Å². The van der Waals surface area contributed by atoms with E-state index in [4.69, 9.17) is 4.43 Å². The fourth-order valence-electron chi connectivity index (χ4n) is 13.7. The molecule has 0 spiro atoms. The van der Waals surface area contributed by atoms with E-state index in [1.54, 1.807) is 24.3 Å². The Hall–Kier alpha value is -5.30. The standard InChI is InChI=1S/C35H47FN2O2Si.C26H27FN2O2.CH4.H2/c1-23(2)41(24(3)4,25(5)6)40-22-26-10-8-11-27(18-26)34(39)32-13-9-12-29-19-33-28(20-35(29,32)7)21-37-38(33)31-16-14-30(36)15-17-31;1-26-14-19-15-28-29(22-10-8-21(27)9-11-22)24(19)13-20(26)6-3-7-23(26)25(31)18-5-2-4-17(12-18)16-30;;/h8,10-11,14-19,21,23-25,32,34,39H,9,12-13,20,22H2,1-7H3;2,4-5,8-13,15,23,25,30-31H,3,6-7,14,16H2,1H3;1H4;1H/t32-,34+,35+;23-,25+,26+;;/m11../s1. The third-order valence-corrected chi connectivity index (χ3v) is 23.5. The summed E-state index contributed by atoms with van der Waals surface area (Å²) in [5.41, 5.74) is 14.0. The van der Waals surface area contributed by atoms with Gasteiger partial charge in [0.05, 0.1) is 60.6 Å². The van der Waals surface area contributed by atoms with E-state index in [2.05, 4.69) is 102 Å². The van der Waals surface area contributed by atoms with Crippen LogP contribution in [0.2, 0.25) is 16.6 Å². The first kappa shape index (κ1) is 54.0. The molecule has 0 amide bonds. The average molecular weight is 1010 g/mol. The van der Waals surface area contributed by atoms with Gasteiger partial charge in [-0.05, 0) is 185 Å². The number of allylic oxidation sites excluding steroid dienone is 2. The average Bonchev–Trinajstić information content (AvgIpc) is 3.97. The van der Waals surface area contributed by atoms with Gasteiger partial charge in [-0.15, -0.1) is 0 Å². The van der Waals surface area contributed by atoms with Gasteiger partial charge in [0.2, 0.25) is 8.32 Å². The first-order valence-electron chi connectivity index (χ1n) is 26.3. The molecule has 4 aliphatic carbocycles. The van der Waals surface area contributed by atoms with Gasteiger partial charge in [-0.1, -0.05) is 122 Å². The Bertz CT molecular complexity index is 2910. The van der Waals surface area contributed by atoms with Gasteiger partial charge >= 0.3 is 0 Å². The summed E-state index contributed by atoms with van der Waals surface area (Å²) >= 11 is 0. The van der Waals surface area contributed by atoms with E-state index in [-0.39, 0.29) is 49.8 Å². The van der Waals surface area contributed by atoms with Crippen LogP contribution in [0.1, 0.15) is 160 Å². The van der Waals surface area contributed by atoms with Crippen LogP contribution >= 0.6 is 0 Å². The molecule has 0 aliphatic heterocycles. The lowest BCUT2D eigenvalue weighted by Gasteiger charge is -2.47. The van der Waals surface area contributed by atoms with E-state index < -0.39 is 20.5 Å². The van der Waals surface area contributed by atoms with Crippen LogP contribution in [0, 0.1) is 34.3 Å². The van der Waals surface area contributed by atoms with Crippen molar-refractivity contribution in [2.75, 3.05) is 0 Å². The van der Waals surface area contributed by atoms with Crippen LogP contribution < -0.4 is 0 Å². The molecule has 73 heavy (non-hydrogen) atoms. The minimum Gasteiger partial charge on any atom is -0.412 e. The highest BCUT2D eigenvalue weighted by molar-refractivity contribution is 6.77. The van der Waals surface area contributed by atoms with Crippen LogP contribution in [-0.2, 0) is 30.5 Å². The molecular weight excluding hydrogens is 931 g/mol. The van der Waals surface area contributed by atoms with Crippen LogP contribution in [0.25, 0.3) is 23.5 Å². The molecule has 6 aromatic rings. The largest absolute Gasteiger partial charge is 0.412 e. The molecule has 6 atom stereocenters. The minimum absolute atomic E-state index is 0. The van der Waals surface area contributed by atoms with Crippen LogP contribution in [-0.4, -0.2) is 43.2 Å². The maximum absolute atomic E-state index is 13.5. The van der Waals surface area contributed by atoms with Crippen molar-refractivity contribution in [1.82, 2.24) is 19.6 Å². The predicted molar refractivity (Wildman–Crippen MR) is 295 cm³/mol. The monoisotopic (exact) mass is 1010 g/mol. The van der Waals surface area contributed by atoms with E-state index in [0.717, 1.165) is 102 Å². The van der Waals surface area contributed by atoms with E-state index in [0.29, 0.717) is 23.2 Å². The first-order valence-corrected chi connectivity index (χ1v) is 28.5. The third kappa shape index (κ3) is 10.3. The molecule has 11 heteroatoms. The van der Waals surface area contributed by atoms with Gasteiger partial charge in [0.1, 0.15) is 11.6 Å². The van der Waals surface area contributed by atoms with E-state index >= 15 is 0 Å². The van der Waals surface area contributed by atoms with Crippen LogP contribution in [0.15, 0.2) is 121 Å². The zero-order valence-electron chi connectivity index (χ0n) is 43.5. The first-order chi connectivity index (χ1) is 34.5. The lowest BCUT2D eigenvalue weighted by molar-refractivity contribution is 0.0214. The van der Waals surface area contributed by atoms with Crippen molar-refractivity contribution in [2.24, 2.45) is 22.7 Å². The number of hydrogen-bond donors (Lipinski definition) is 3. The molecule has 390 valence electrons. The van der Waals surface area contributed by atoms with Gasteiger partial charge in [0.15, 0.2) is 0 Å². The molecule has 2 fully saturated rings. The van der Waals surface area contributed by atoms with Gasteiger partial charge < -0.3 is 19.7 Å². The molecule has 2 saturated carbocycles. The molecule has 0 bridgehead atoms. The molecule has 0 unspecified atom stereocenters. The Balaban J connectivity index is 0.000000218. The molecule has 4 aromatic carbocycles. The zero-order valence-corrected chi connectivity index (χ0v) is 44.5. The number of benzene rings is 4. The van der Waals surface area contributed by atoms with E-state index in [9.17, 15) is 24.1 Å². The van der Waals surface area contributed by atoms with Crippen LogP contribution in [0.5, 0.6) is 0 Å². The summed E-state index contributed by atoms with van der Waals surface area (Å²) in [4.78, 5) is 0. The van der Waals surface area contributed by atoms with Crippen LogP contribution in [0.3, 0.4) is 0 Å². The molecule has 8 nitrogen and oxygen atoms in total. The topological polar surface area (TPSA) is 106 Å². The van der Waals surface area contributed by atoms with Crippen molar-refractivity contribution in [3.63, 3.8) is 0 Å². The summed E-state index contributed by atoms with van der Waals surface area (Å²) in [5, 5.41) is 42.0. The lowest BCUT2D eigenvalue weighted by Crippen LogP contribution is -2.47. The van der Waals surface area contributed by atoms with Gasteiger partial charge in [-0.2, -0.15) is 10.2 Å². The van der Waals surface area contributed by atoms with Crippen molar-refractivity contribution in [1.29, 1.82) is 0 Å². The number of fused-ring (bicyclic) bond motifs is 4. The lowest BCUT2D eigenvalue weighted by atomic mass is 9.57. The number of rotatable bonds is 13. The Morgan fingerprint density at radius 3 is 1.47 bits per heavy atom. The quantitative estimate of drug-likeness (QED) is 0.0996. The molecule has 0 saturated heterocycles. The number of nitrogens with zero attached hydrogens (tertiary/aromatic N) is 4. The van der Waals surface area contributed by atoms with Crippen molar-refractivity contribution in [3.8, 4) is 11.4 Å². The number of hydrogen-bond acceptors (Lipinski definition) is 6. The smallest absolute Gasteiger partial charge is 0.200 e. The SMILES string of the molecule is C.CC(C)[Si](OCc1cccc([C@H](O)[C@H]2CCCC3=Cc4c(cnn4-c4ccc(F)cc4)C[C@@]32C)c1)(C(C)C)C(C)C.C[C@]12Cc3cnn(-c4ccc(F)cc4)c3C=C1CCC[C@@H]2[C@@H](O)c1cccc(CO)c1.[HH]. The Morgan fingerprint density at radius 2 is 1.05 bits per heavy atom. The minimum atomic E-state index is -1.98. The van der Waals surface area contributed by atoms with Gasteiger partial charge in [-0.3, -0.25) is 0 Å². The number of halogens is 2. The Morgan fingerprint density at radius 1 is 0.644 bits per heavy atom. The fourth-order valence-corrected chi connectivity index (χ4v) is 19.1. The second kappa shape index (κ2) is 21.9. The van der Waals surface area contributed by atoms with E-state index in [1.807, 2.05) is 46.0 Å². The van der Waals surface area contributed by atoms with Gasteiger partial charge in [-0.25, -0.2) is 18.1 Å². The molecule has 4 aliphatic rings. The van der Waals surface area contributed by atoms with Crippen molar-refractivity contribution in [2.45, 2.75) is 156 Å². The second-order valence-corrected chi connectivity index (χ2v) is 28.0. The Labute approximate surface area is 435 Å². The number of aromatic nitrogens is 4. The van der Waals surface area contributed by atoms with Crippen molar-refractivity contribution >= 4 is 20.5 Å². The summed E-state index contributed by atoms with van der Waals surface area (Å²) in [5.74, 6) is -0.313. The zero-order chi connectivity index (χ0) is 51.1. The second-order valence-electron chi connectivity index (χ2n) is 22.6. The highest BCUT2D eigenvalue weighted by Crippen LogP contribution is 2.56. The highest BCUT2D eigenvalue weighted by atomic mass is 28.4. The number of aliphatic hydroxyl groups excluding tert-OH is 3. The van der Waals surface area contributed by atoms with Crippen molar-refractivity contribution < 1.29 is 30.0 Å². The summed E-state index contributed by atoms with van der Waals surface area (Å²) in [6.07, 6.45) is 14.9. The fraction of sp³-hybridized carbons (Fsp3) is 0.452. The summed E-state index contributed by atoms with van der Waals surface area (Å²) < 4.78 is 37.6. The highest BCUT2D eigenvalue weighted by Gasteiger charge is 2.49. The van der Waals surface area contributed by atoms with Gasteiger partial charge in [0, 0.05) is 1.43 Å². The third-order valence-electron chi connectivity index (χ3n) is 17.4. The summed E-state index contributed by atoms with van der Waals surface area (Å²) in [6.45, 7) is 19.1. The number of aliphatic hydroxyl groups is 3. The summed E-state index contributed by atoms with van der Waals surface area (Å²) in [7, 11) is -1.98. The van der Waals surface area contributed by atoms with Gasteiger partial charge in [0.25, 0.3) is 0 Å². The predicted octanol–water partition coefficient (Wildman–Crippen LogP) is 15.0. The molecule has 2 heterocycles. The summed E-state index contributed by atoms with van der Waals surface area (Å²) in [6, 6.07) is 29.0.